The highest BCUT2D eigenvalue weighted by Gasteiger charge is 2.15. The van der Waals surface area contributed by atoms with Gasteiger partial charge in [-0.25, -0.2) is 4.39 Å². The number of rotatable bonds is 7. The van der Waals surface area contributed by atoms with E-state index in [4.69, 9.17) is 11.0 Å². The third-order valence-electron chi connectivity index (χ3n) is 3.59. The number of carbonyl (C=O) groups excluding carboxylic acids is 1. The van der Waals surface area contributed by atoms with Crippen molar-refractivity contribution in [2.45, 2.75) is 33.1 Å². The van der Waals surface area contributed by atoms with Crippen LogP contribution in [0.2, 0.25) is 0 Å². The van der Waals surface area contributed by atoms with Crippen molar-refractivity contribution < 1.29 is 9.18 Å². The molecule has 0 heterocycles. The zero-order valence-corrected chi connectivity index (χ0v) is 12.5. The molecule has 4 nitrogen and oxygen atoms in total. The minimum atomic E-state index is -0.593. The molecule has 1 amide bonds. The number of nitriles is 1. The first-order chi connectivity index (χ1) is 9.97. The lowest BCUT2D eigenvalue weighted by Crippen LogP contribution is -2.18. The van der Waals surface area contributed by atoms with E-state index >= 15 is 0 Å². The topological polar surface area (TPSA) is 78.9 Å². The van der Waals surface area contributed by atoms with Crippen LogP contribution in [0, 0.1) is 29.0 Å². The third-order valence-corrected chi connectivity index (χ3v) is 3.59. The summed E-state index contributed by atoms with van der Waals surface area (Å²) in [6.07, 6.45) is 1.96. The molecule has 0 spiro atoms. The Morgan fingerprint density at radius 1 is 1.43 bits per heavy atom. The van der Waals surface area contributed by atoms with E-state index in [0.29, 0.717) is 24.8 Å². The van der Waals surface area contributed by atoms with Crippen molar-refractivity contribution in [2.75, 3.05) is 11.9 Å². The smallest absolute Gasteiger partial charge is 0.224 e. The number of benzene rings is 1. The van der Waals surface area contributed by atoms with Crippen LogP contribution < -0.4 is 11.1 Å². The van der Waals surface area contributed by atoms with Gasteiger partial charge >= 0.3 is 0 Å². The van der Waals surface area contributed by atoms with Crippen LogP contribution in [0.25, 0.3) is 0 Å². The lowest BCUT2D eigenvalue weighted by molar-refractivity contribution is -0.116. The number of nitrogens with one attached hydrogen (secondary N) is 1. The van der Waals surface area contributed by atoms with Crippen LogP contribution in [-0.2, 0) is 4.79 Å². The summed E-state index contributed by atoms with van der Waals surface area (Å²) in [5.74, 6) is 0.0469. The van der Waals surface area contributed by atoms with Gasteiger partial charge in [0.25, 0.3) is 0 Å². The number of amides is 1. The van der Waals surface area contributed by atoms with Crippen molar-refractivity contribution >= 4 is 11.6 Å². The summed E-state index contributed by atoms with van der Waals surface area (Å²) in [6, 6.07) is 5.85. The minimum absolute atomic E-state index is 0.110. The van der Waals surface area contributed by atoms with E-state index in [1.54, 1.807) is 0 Å². The molecule has 114 valence electrons. The summed E-state index contributed by atoms with van der Waals surface area (Å²) in [5.41, 5.74) is 5.91. The lowest BCUT2D eigenvalue weighted by atomic mass is 9.88. The van der Waals surface area contributed by atoms with Gasteiger partial charge < -0.3 is 11.1 Å². The molecule has 1 unspecified atom stereocenters. The van der Waals surface area contributed by atoms with Crippen molar-refractivity contribution in [2.24, 2.45) is 17.6 Å². The maximum atomic E-state index is 13.7. The van der Waals surface area contributed by atoms with E-state index in [-0.39, 0.29) is 17.2 Å². The molecule has 0 fully saturated rings. The van der Waals surface area contributed by atoms with E-state index in [1.807, 2.05) is 6.07 Å². The normalized spacial score (nSPS) is 12.0. The number of halogens is 1. The average molecular weight is 291 g/mol. The van der Waals surface area contributed by atoms with Gasteiger partial charge in [0.15, 0.2) is 0 Å². The Kier molecular flexibility index (Phi) is 6.83. The zero-order valence-electron chi connectivity index (χ0n) is 12.5. The monoisotopic (exact) mass is 291 g/mol. The molecule has 0 bridgehead atoms. The summed E-state index contributed by atoms with van der Waals surface area (Å²) in [7, 11) is 0. The number of nitrogens with zero attached hydrogens (tertiary/aromatic N) is 1. The van der Waals surface area contributed by atoms with Gasteiger partial charge in [-0.05, 0) is 49.4 Å². The number of hydrogen-bond donors (Lipinski definition) is 2. The second-order valence-electron chi connectivity index (χ2n) is 5.47. The van der Waals surface area contributed by atoms with Gasteiger partial charge in [-0.15, -0.1) is 0 Å². The van der Waals surface area contributed by atoms with E-state index in [0.717, 1.165) is 18.9 Å². The van der Waals surface area contributed by atoms with Crippen LogP contribution >= 0.6 is 0 Å². The predicted octanol–water partition coefficient (Wildman–Crippen LogP) is 3.04. The first-order valence-corrected chi connectivity index (χ1v) is 7.17. The van der Waals surface area contributed by atoms with Crippen LogP contribution in [0.4, 0.5) is 10.1 Å². The molecule has 1 aromatic rings. The Labute approximate surface area is 125 Å². The van der Waals surface area contributed by atoms with Gasteiger partial charge in [-0.2, -0.15) is 5.26 Å². The molecular formula is C16H22FN3O. The molecule has 0 radical (unpaired) electrons. The van der Waals surface area contributed by atoms with Crippen LogP contribution in [0.3, 0.4) is 0 Å². The Morgan fingerprint density at radius 2 is 2.14 bits per heavy atom. The average Bonchev–Trinajstić information content (AvgIpc) is 2.45. The summed E-state index contributed by atoms with van der Waals surface area (Å²) in [6.45, 7) is 4.83. The number of carbonyl (C=O) groups is 1. The third kappa shape index (κ3) is 5.52. The number of nitrogens with two attached hydrogens (primary N) is 1. The molecule has 21 heavy (non-hydrogen) atoms. The van der Waals surface area contributed by atoms with Crippen molar-refractivity contribution in [3.05, 3.63) is 29.6 Å². The van der Waals surface area contributed by atoms with Crippen LogP contribution in [0.5, 0.6) is 0 Å². The largest absolute Gasteiger partial charge is 0.330 e. The van der Waals surface area contributed by atoms with Gasteiger partial charge in [-0.3, -0.25) is 4.79 Å². The second kappa shape index (κ2) is 8.38. The summed E-state index contributed by atoms with van der Waals surface area (Å²) >= 11 is 0. The summed E-state index contributed by atoms with van der Waals surface area (Å²) < 4.78 is 13.7. The standard InChI is InChI=1S/C16H22FN3O/c1-11(2)13(7-8-18)4-6-16(21)20-15-5-3-12(10-19)9-14(15)17/h3,5,9,11,13H,4,6-8,18H2,1-2H3,(H,20,21). The maximum absolute atomic E-state index is 13.7. The Bertz CT molecular complexity index is 523. The minimum Gasteiger partial charge on any atom is -0.330 e. The van der Waals surface area contributed by atoms with Crippen LogP contribution in [0.15, 0.2) is 18.2 Å². The molecule has 0 aliphatic heterocycles. The summed E-state index contributed by atoms with van der Waals surface area (Å²) in [4.78, 5) is 11.9. The number of hydrogen-bond acceptors (Lipinski definition) is 3. The molecule has 0 saturated heterocycles. The first kappa shape index (κ1) is 17.1. The molecule has 5 heteroatoms. The quantitative estimate of drug-likeness (QED) is 0.810. The Hall–Kier alpha value is -1.93. The van der Waals surface area contributed by atoms with Crippen molar-refractivity contribution in [1.82, 2.24) is 0 Å². The van der Waals surface area contributed by atoms with Gasteiger partial charge in [0, 0.05) is 6.42 Å². The van der Waals surface area contributed by atoms with Gasteiger partial charge in [0.2, 0.25) is 5.91 Å². The van der Waals surface area contributed by atoms with Crippen molar-refractivity contribution in [3.8, 4) is 6.07 Å². The Morgan fingerprint density at radius 3 is 2.67 bits per heavy atom. The fraction of sp³-hybridized carbons (Fsp3) is 0.500. The van der Waals surface area contributed by atoms with Gasteiger partial charge in [-0.1, -0.05) is 13.8 Å². The molecular weight excluding hydrogens is 269 g/mol. The molecule has 0 saturated carbocycles. The van der Waals surface area contributed by atoms with Crippen molar-refractivity contribution in [3.63, 3.8) is 0 Å². The predicted molar refractivity (Wildman–Crippen MR) is 81.0 cm³/mol. The van der Waals surface area contributed by atoms with E-state index in [1.165, 1.54) is 12.1 Å². The Balaban J connectivity index is 2.56. The van der Waals surface area contributed by atoms with Crippen LogP contribution in [0.1, 0.15) is 38.7 Å². The first-order valence-electron chi connectivity index (χ1n) is 7.17. The highest BCUT2D eigenvalue weighted by Crippen LogP contribution is 2.21. The zero-order chi connectivity index (χ0) is 15.8. The molecule has 0 aromatic heterocycles. The molecule has 1 atom stereocenters. The fourth-order valence-electron chi connectivity index (χ4n) is 2.24. The second-order valence-corrected chi connectivity index (χ2v) is 5.47. The van der Waals surface area contributed by atoms with E-state index in [2.05, 4.69) is 19.2 Å². The van der Waals surface area contributed by atoms with Gasteiger partial charge in [0.05, 0.1) is 17.3 Å². The van der Waals surface area contributed by atoms with Crippen molar-refractivity contribution in [1.29, 1.82) is 5.26 Å². The SMILES string of the molecule is CC(C)C(CCN)CCC(=O)Nc1ccc(C#N)cc1F. The number of anilines is 1. The molecule has 0 aliphatic rings. The van der Waals surface area contributed by atoms with Crippen LogP contribution in [-0.4, -0.2) is 12.5 Å². The molecule has 0 aliphatic carbocycles. The molecule has 1 aromatic carbocycles. The maximum Gasteiger partial charge on any atom is 0.224 e. The van der Waals surface area contributed by atoms with E-state index < -0.39 is 5.82 Å². The highest BCUT2D eigenvalue weighted by atomic mass is 19.1. The highest BCUT2D eigenvalue weighted by molar-refractivity contribution is 5.90. The molecule has 1 rings (SSSR count). The molecule has 3 N–H and O–H groups in total. The van der Waals surface area contributed by atoms with E-state index in [9.17, 15) is 9.18 Å². The lowest BCUT2D eigenvalue weighted by Gasteiger charge is -2.19. The fourth-order valence-corrected chi connectivity index (χ4v) is 2.24. The summed E-state index contributed by atoms with van der Waals surface area (Å²) in [5, 5.41) is 11.2. The van der Waals surface area contributed by atoms with Gasteiger partial charge in [0.1, 0.15) is 5.82 Å².